The summed E-state index contributed by atoms with van der Waals surface area (Å²) in [6, 6.07) is 4.87. The quantitative estimate of drug-likeness (QED) is 0.685. The fourth-order valence-electron chi connectivity index (χ4n) is 1.26. The molecule has 0 radical (unpaired) electrons. The maximum atomic E-state index is 10.8. The molecule has 2 heterocycles. The second kappa shape index (κ2) is 3.02. The number of nitrogens with zero attached hydrogens (tertiary/aromatic N) is 2. The maximum absolute atomic E-state index is 10.8. The highest BCUT2D eigenvalue weighted by molar-refractivity contribution is 5.41. The van der Waals surface area contributed by atoms with Gasteiger partial charge in [0.2, 0.25) is 5.56 Å². The van der Waals surface area contributed by atoms with Gasteiger partial charge in [0.1, 0.15) is 5.82 Å². The highest BCUT2D eigenvalue weighted by Crippen LogP contribution is 2.11. The highest BCUT2D eigenvalue weighted by atomic mass is 16.1. The highest BCUT2D eigenvalue weighted by Gasteiger charge is 2.03. The predicted octanol–water partition coefficient (Wildman–Crippen LogP) is 0.451. The fourth-order valence-corrected chi connectivity index (χ4v) is 1.26. The van der Waals surface area contributed by atoms with Gasteiger partial charge in [-0.2, -0.15) is 5.10 Å². The average molecular weight is 190 g/mol. The van der Waals surface area contributed by atoms with E-state index < -0.39 is 0 Å². The third-order valence-electron chi connectivity index (χ3n) is 1.87. The van der Waals surface area contributed by atoms with Gasteiger partial charge < -0.3 is 10.7 Å². The zero-order valence-corrected chi connectivity index (χ0v) is 7.69. The van der Waals surface area contributed by atoms with E-state index in [2.05, 4.69) is 10.1 Å². The van der Waals surface area contributed by atoms with Crippen LogP contribution >= 0.6 is 0 Å². The number of pyridine rings is 1. The number of nitrogens with two attached hydrogens (primary N) is 1. The third-order valence-corrected chi connectivity index (χ3v) is 1.87. The first-order chi connectivity index (χ1) is 6.66. The second-order valence-electron chi connectivity index (χ2n) is 3.03. The molecule has 0 saturated carbocycles. The second-order valence-corrected chi connectivity index (χ2v) is 3.03. The molecule has 0 aliphatic carbocycles. The molecule has 0 saturated heterocycles. The molecule has 0 aliphatic heterocycles. The van der Waals surface area contributed by atoms with Gasteiger partial charge in [-0.15, -0.1) is 0 Å². The van der Waals surface area contributed by atoms with Crippen LogP contribution in [0.4, 0.5) is 5.82 Å². The van der Waals surface area contributed by atoms with Crippen LogP contribution in [-0.2, 0) is 0 Å². The number of hydrogen-bond donors (Lipinski definition) is 2. The predicted molar refractivity (Wildman–Crippen MR) is 53.3 cm³/mol. The lowest BCUT2D eigenvalue weighted by atomic mass is 10.4. The smallest absolute Gasteiger partial charge is 0.248 e. The van der Waals surface area contributed by atoms with Crippen LogP contribution in [0.15, 0.2) is 29.2 Å². The number of aromatic amines is 1. The van der Waals surface area contributed by atoms with Crippen molar-refractivity contribution in [2.75, 3.05) is 5.73 Å². The normalized spacial score (nSPS) is 10.4. The lowest BCUT2D eigenvalue weighted by molar-refractivity contribution is 0.864. The molecule has 0 aromatic carbocycles. The van der Waals surface area contributed by atoms with Gasteiger partial charge in [-0.05, 0) is 13.0 Å². The number of H-pyrrole nitrogens is 1. The number of aromatic nitrogens is 3. The van der Waals surface area contributed by atoms with Crippen molar-refractivity contribution in [1.29, 1.82) is 0 Å². The van der Waals surface area contributed by atoms with Crippen LogP contribution in [0.5, 0.6) is 0 Å². The van der Waals surface area contributed by atoms with Crippen molar-refractivity contribution < 1.29 is 0 Å². The summed E-state index contributed by atoms with van der Waals surface area (Å²) in [5.74, 6) is 0.551. The Kier molecular flexibility index (Phi) is 1.85. The van der Waals surface area contributed by atoms with Crippen LogP contribution in [-0.4, -0.2) is 14.8 Å². The molecule has 0 fully saturated rings. The minimum absolute atomic E-state index is 0.142. The van der Waals surface area contributed by atoms with Crippen molar-refractivity contribution >= 4 is 5.82 Å². The molecule has 72 valence electrons. The summed E-state index contributed by atoms with van der Waals surface area (Å²) in [5, 5.41) is 4.18. The van der Waals surface area contributed by atoms with Crippen molar-refractivity contribution in [1.82, 2.24) is 14.8 Å². The molecule has 0 spiro atoms. The van der Waals surface area contributed by atoms with E-state index in [1.807, 2.05) is 6.92 Å². The van der Waals surface area contributed by atoms with Crippen molar-refractivity contribution in [2.24, 2.45) is 0 Å². The van der Waals surface area contributed by atoms with Gasteiger partial charge in [0.15, 0.2) is 0 Å². The maximum Gasteiger partial charge on any atom is 0.248 e. The number of anilines is 1. The van der Waals surface area contributed by atoms with E-state index in [0.29, 0.717) is 5.82 Å². The van der Waals surface area contributed by atoms with E-state index in [-0.39, 0.29) is 5.56 Å². The molecule has 0 amide bonds. The summed E-state index contributed by atoms with van der Waals surface area (Å²) in [5.41, 5.74) is 7.16. The molecule has 5 nitrogen and oxygen atoms in total. The Labute approximate surface area is 80.2 Å². The number of rotatable bonds is 1. The summed E-state index contributed by atoms with van der Waals surface area (Å²) in [6.45, 7) is 1.86. The first-order valence-electron chi connectivity index (χ1n) is 4.18. The number of hydrogen-bond acceptors (Lipinski definition) is 3. The van der Waals surface area contributed by atoms with Crippen molar-refractivity contribution in [3.8, 4) is 5.69 Å². The van der Waals surface area contributed by atoms with Crippen LogP contribution in [0.25, 0.3) is 5.69 Å². The molecule has 0 unspecified atom stereocenters. The van der Waals surface area contributed by atoms with Gasteiger partial charge in [0.25, 0.3) is 0 Å². The zero-order valence-electron chi connectivity index (χ0n) is 7.69. The number of aryl methyl sites for hydroxylation is 1. The van der Waals surface area contributed by atoms with E-state index in [0.717, 1.165) is 11.4 Å². The first-order valence-corrected chi connectivity index (χ1v) is 4.18. The molecule has 3 N–H and O–H groups in total. The SMILES string of the molecule is Cc1cc(N)n(-c2ccc(=O)[nH]c2)n1. The van der Waals surface area contributed by atoms with Gasteiger partial charge >= 0.3 is 0 Å². The van der Waals surface area contributed by atoms with Crippen molar-refractivity contribution in [3.05, 3.63) is 40.4 Å². The molecule has 0 aliphatic rings. The fraction of sp³-hybridized carbons (Fsp3) is 0.111. The summed E-state index contributed by atoms with van der Waals surface area (Å²) in [7, 11) is 0. The monoisotopic (exact) mass is 190 g/mol. The molecular formula is C9H10N4O. The Morgan fingerprint density at radius 3 is 2.79 bits per heavy atom. The van der Waals surface area contributed by atoms with Gasteiger partial charge in [-0.1, -0.05) is 0 Å². The van der Waals surface area contributed by atoms with Crippen LogP contribution in [0.2, 0.25) is 0 Å². The largest absolute Gasteiger partial charge is 0.384 e. The van der Waals surface area contributed by atoms with Crippen LogP contribution in [0.3, 0.4) is 0 Å². The zero-order chi connectivity index (χ0) is 10.1. The Bertz CT molecular complexity index is 491. The molecule has 2 aromatic heterocycles. The molecule has 0 bridgehead atoms. The van der Waals surface area contributed by atoms with Crippen LogP contribution in [0.1, 0.15) is 5.69 Å². The van der Waals surface area contributed by atoms with Gasteiger partial charge in [0, 0.05) is 18.3 Å². The Morgan fingerprint density at radius 2 is 2.29 bits per heavy atom. The van der Waals surface area contributed by atoms with Crippen molar-refractivity contribution in [2.45, 2.75) is 6.92 Å². The molecular weight excluding hydrogens is 180 g/mol. The Morgan fingerprint density at radius 1 is 1.50 bits per heavy atom. The molecule has 2 rings (SSSR count). The number of nitrogen functional groups attached to an aromatic ring is 1. The molecule has 2 aromatic rings. The topological polar surface area (TPSA) is 76.7 Å². The summed E-state index contributed by atoms with van der Waals surface area (Å²) >= 11 is 0. The lowest BCUT2D eigenvalue weighted by Gasteiger charge is -2.01. The lowest BCUT2D eigenvalue weighted by Crippen LogP contribution is -2.07. The van der Waals surface area contributed by atoms with Crippen LogP contribution < -0.4 is 11.3 Å². The van der Waals surface area contributed by atoms with E-state index >= 15 is 0 Å². The minimum atomic E-state index is -0.142. The number of nitrogens with one attached hydrogen (secondary N) is 1. The van der Waals surface area contributed by atoms with Crippen molar-refractivity contribution in [3.63, 3.8) is 0 Å². The summed E-state index contributed by atoms with van der Waals surface area (Å²) in [6.07, 6.45) is 1.57. The van der Waals surface area contributed by atoms with E-state index in [4.69, 9.17) is 5.73 Å². The van der Waals surface area contributed by atoms with Gasteiger partial charge in [-0.3, -0.25) is 4.79 Å². The van der Waals surface area contributed by atoms with Gasteiger partial charge in [0.05, 0.1) is 11.4 Å². The standard InChI is InChI=1S/C9H10N4O/c1-6-4-8(10)13(12-6)7-2-3-9(14)11-5-7/h2-5H,10H2,1H3,(H,11,14). The van der Waals surface area contributed by atoms with Gasteiger partial charge in [-0.25, -0.2) is 4.68 Å². The molecule has 0 atom stereocenters. The van der Waals surface area contributed by atoms with E-state index in [1.165, 1.54) is 6.07 Å². The molecule has 5 heteroatoms. The minimum Gasteiger partial charge on any atom is -0.384 e. The summed E-state index contributed by atoms with van der Waals surface area (Å²) in [4.78, 5) is 13.4. The third kappa shape index (κ3) is 1.39. The van der Waals surface area contributed by atoms with E-state index in [9.17, 15) is 4.79 Å². The molecule has 14 heavy (non-hydrogen) atoms. The summed E-state index contributed by atoms with van der Waals surface area (Å²) < 4.78 is 1.57. The Hall–Kier alpha value is -2.04. The van der Waals surface area contributed by atoms with Crippen LogP contribution in [0, 0.1) is 6.92 Å². The average Bonchev–Trinajstić information content (AvgIpc) is 2.47. The van der Waals surface area contributed by atoms with E-state index in [1.54, 1.807) is 23.0 Å². The first kappa shape index (κ1) is 8.55. The Balaban J connectivity index is 2.54.